The van der Waals surface area contributed by atoms with Crippen LogP contribution in [-0.4, -0.2) is 59.5 Å². The molecule has 0 aliphatic carbocycles. The molecule has 0 unspecified atom stereocenters. The number of carbonyl (C=O) groups is 3. The molecular weight excluding hydrogens is 244 g/mol. The highest BCUT2D eigenvalue weighted by atomic mass is 16.6. The van der Waals surface area contributed by atoms with Crippen LogP contribution >= 0.6 is 0 Å². The Morgan fingerprint density at radius 2 is 2.17 bits per heavy atom. The summed E-state index contributed by atoms with van der Waals surface area (Å²) in [7, 11) is 0. The molecule has 0 aromatic rings. The predicted octanol–water partition coefficient (Wildman–Crippen LogP) is -1.53. The fourth-order valence-corrected chi connectivity index (χ4v) is 1.74. The van der Waals surface area contributed by atoms with Crippen molar-refractivity contribution >= 4 is 18.1 Å². The van der Waals surface area contributed by atoms with Crippen molar-refractivity contribution in [2.45, 2.75) is 25.1 Å². The number of hydrogen-bond donors (Lipinski definition) is 4. The van der Waals surface area contributed by atoms with Gasteiger partial charge in [-0.1, -0.05) is 0 Å². The molecule has 0 saturated carbocycles. The van der Waals surface area contributed by atoms with Crippen LogP contribution in [0.1, 0.15) is 6.92 Å². The molecular formula is C9H14N4O5. The molecule has 9 nitrogen and oxygen atoms in total. The predicted molar refractivity (Wildman–Crippen MR) is 57.5 cm³/mol. The number of carbonyl (C=O) groups excluding carboxylic acids is 2. The van der Waals surface area contributed by atoms with Crippen molar-refractivity contribution in [1.82, 2.24) is 21.1 Å². The number of amides is 3. The average Bonchev–Trinajstić information content (AvgIpc) is 2.21. The lowest BCUT2D eigenvalue weighted by molar-refractivity contribution is -0.137. The van der Waals surface area contributed by atoms with Crippen LogP contribution in [0, 0.1) is 0 Å². The Kier molecular flexibility index (Phi) is 3.24. The van der Waals surface area contributed by atoms with E-state index >= 15 is 0 Å². The van der Waals surface area contributed by atoms with E-state index in [0.29, 0.717) is 18.1 Å². The number of ether oxygens (including phenoxy) is 1. The first-order valence-corrected chi connectivity index (χ1v) is 5.49. The summed E-state index contributed by atoms with van der Waals surface area (Å²) < 4.78 is 5.02. The third-order valence-electron chi connectivity index (χ3n) is 2.81. The number of rotatable bonds is 2. The van der Waals surface area contributed by atoms with E-state index in [9.17, 15) is 14.4 Å². The van der Waals surface area contributed by atoms with Gasteiger partial charge in [0.2, 0.25) is 5.91 Å². The zero-order chi connectivity index (χ0) is 13.3. The molecule has 3 amide bonds. The highest BCUT2D eigenvalue weighted by molar-refractivity contribution is 5.92. The Morgan fingerprint density at radius 1 is 1.50 bits per heavy atom. The number of hydrogen-bond acceptors (Lipinski definition) is 5. The number of nitrogens with zero attached hydrogens (tertiary/aromatic N) is 1. The smallest absolute Gasteiger partial charge is 0.429 e. The van der Waals surface area contributed by atoms with Gasteiger partial charge in [0, 0.05) is 13.1 Å². The fourth-order valence-electron chi connectivity index (χ4n) is 1.74. The van der Waals surface area contributed by atoms with Crippen LogP contribution in [0.2, 0.25) is 0 Å². The summed E-state index contributed by atoms with van der Waals surface area (Å²) >= 11 is 0. The Balaban J connectivity index is 2.01. The third-order valence-corrected chi connectivity index (χ3v) is 2.81. The van der Waals surface area contributed by atoms with Gasteiger partial charge in [0.25, 0.3) is 0 Å². The number of carboxylic acid groups (broad SMARTS) is 1. The zero-order valence-corrected chi connectivity index (χ0v) is 9.67. The number of nitrogens with one attached hydrogen (secondary N) is 3. The van der Waals surface area contributed by atoms with E-state index in [1.807, 2.05) is 5.43 Å². The van der Waals surface area contributed by atoms with Gasteiger partial charge in [-0.25, -0.2) is 20.0 Å². The summed E-state index contributed by atoms with van der Waals surface area (Å²) in [6, 6.07) is -1.20. The van der Waals surface area contributed by atoms with Gasteiger partial charge in [-0.05, 0) is 6.92 Å². The molecule has 2 saturated heterocycles. The third kappa shape index (κ3) is 2.30. The van der Waals surface area contributed by atoms with Crippen molar-refractivity contribution in [2.24, 2.45) is 0 Å². The molecule has 0 aromatic heterocycles. The second-order valence-corrected chi connectivity index (χ2v) is 4.19. The molecule has 18 heavy (non-hydrogen) atoms. The molecule has 100 valence electrons. The maximum absolute atomic E-state index is 11.8. The minimum atomic E-state index is -1.43. The molecule has 2 aliphatic rings. The lowest BCUT2D eigenvalue weighted by Gasteiger charge is -2.41. The maximum Gasteiger partial charge on any atom is 0.429 e. The molecule has 0 radical (unpaired) electrons. The van der Waals surface area contributed by atoms with Crippen LogP contribution in [0.5, 0.6) is 0 Å². The molecule has 0 bridgehead atoms. The van der Waals surface area contributed by atoms with Gasteiger partial charge in [0.15, 0.2) is 6.04 Å². The SMILES string of the molecule is C[C@@H]1NC(=O)[C@H]1N(NC(=O)O)C(=O)OC1CNC1. The van der Waals surface area contributed by atoms with Crippen LogP contribution in [0.3, 0.4) is 0 Å². The maximum atomic E-state index is 11.8. The van der Waals surface area contributed by atoms with Crippen LogP contribution in [0.25, 0.3) is 0 Å². The Bertz CT molecular complexity index is 383. The molecule has 2 aliphatic heterocycles. The number of β-lactam (4-membered cyclic amide) rings is 1. The molecule has 0 spiro atoms. The monoisotopic (exact) mass is 258 g/mol. The summed E-state index contributed by atoms with van der Waals surface area (Å²) in [4.78, 5) is 33.7. The van der Waals surface area contributed by atoms with Crippen LogP contribution < -0.4 is 16.1 Å². The van der Waals surface area contributed by atoms with Crippen LogP contribution in [0.4, 0.5) is 9.59 Å². The highest BCUT2D eigenvalue weighted by Gasteiger charge is 2.45. The summed E-state index contributed by atoms with van der Waals surface area (Å²) in [5, 5.41) is 14.8. The first-order valence-electron chi connectivity index (χ1n) is 5.49. The van der Waals surface area contributed by atoms with E-state index in [2.05, 4.69) is 10.6 Å². The van der Waals surface area contributed by atoms with Crippen molar-refractivity contribution in [3.8, 4) is 0 Å². The van der Waals surface area contributed by atoms with Crippen molar-refractivity contribution in [1.29, 1.82) is 0 Å². The molecule has 2 atom stereocenters. The molecule has 4 N–H and O–H groups in total. The fraction of sp³-hybridized carbons (Fsp3) is 0.667. The molecule has 2 rings (SSSR count). The van der Waals surface area contributed by atoms with Crippen molar-refractivity contribution in [2.75, 3.05) is 13.1 Å². The van der Waals surface area contributed by atoms with E-state index in [0.717, 1.165) is 0 Å². The summed E-state index contributed by atoms with van der Waals surface area (Å²) in [6.45, 7) is 2.72. The minimum absolute atomic E-state index is 0.283. The lowest BCUT2D eigenvalue weighted by Crippen LogP contribution is -2.72. The largest absolute Gasteiger partial charge is 0.464 e. The highest BCUT2D eigenvalue weighted by Crippen LogP contribution is 2.14. The summed E-state index contributed by atoms with van der Waals surface area (Å²) in [5.41, 5.74) is 1.89. The van der Waals surface area contributed by atoms with E-state index < -0.39 is 24.1 Å². The lowest BCUT2D eigenvalue weighted by atomic mass is 10.0. The van der Waals surface area contributed by atoms with Crippen molar-refractivity contribution < 1.29 is 24.2 Å². The quantitative estimate of drug-likeness (QED) is 0.352. The summed E-state index contributed by atoms with van der Waals surface area (Å²) in [5.74, 6) is -0.417. The Hall–Kier alpha value is -2.03. The van der Waals surface area contributed by atoms with Gasteiger partial charge in [0.05, 0.1) is 6.04 Å². The van der Waals surface area contributed by atoms with Gasteiger partial charge >= 0.3 is 12.2 Å². The van der Waals surface area contributed by atoms with Crippen LogP contribution in [-0.2, 0) is 9.53 Å². The molecule has 2 fully saturated rings. The van der Waals surface area contributed by atoms with Gasteiger partial charge in [-0.15, -0.1) is 0 Å². The summed E-state index contributed by atoms with van der Waals surface area (Å²) in [6.07, 6.45) is -2.57. The van der Waals surface area contributed by atoms with Gasteiger partial charge in [-0.2, -0.15) is 0 Å². The Morgan fingerprint density at radius 3 is 2.56 bits per heavy atom. The molecule has 0 aromatic carbocycles. The van der Waals surface area contributed by atoms with E-state index in [1.165, 1.54) is 0 Å². The van der Waals surface area contributed by atoms with E-state index in [4.69, 9.17) is 9.84 Å². The second-order valence-electron chi connectivity index (χ2n) is 4.19. The van der Waals surface area contributed by atoms with Gasteiger partial charge < -0.3 is 20.5 Å². The second kappa shape index (κ2) is 4.69. The standard InChI is InChI=1S/C9H14N4O5/c1-4-6(7(14)11-4)13(12-8(15)16)9(17)18-5-2-10-3-5/h4-6,10,12H,2-3H2,1H3,(H,11,14)(H,15,16)/t4-,6-/m0/s1. The van der Waals surface area contributed by atoms with Crippen LogP contribution in [0.15, 0.2) is 0 Å². The first kappa shape index (κ1) is 12.4. The first-order chi connectivity index (χ1) is 8.49. The van der Waals surface area contributed by atoms with Crippen molar-refractivity contribution in [3.63, 3.8) is 0 Å². The van der Waals surface area contributed by atoms with Gasteiger partial charge in [0.1, 0.15) is 6.10 Å². The Labute approximate surface area is 102 Å². The van der Waals surface area contributed by atoms with E-state index in [-0.39, 0.29) is 12.1 Å². The number of hydrazine groups is 1. The minimum Gasteiger partial charge on any atom is -0.464 e. The molecule has 2 heterocycles. The molecule has 9 heteroatoms. The van der Waals surface area contributed by atoms with E-state index in [1.54, 1.807) is 6.92 Å². The topological polar surface area (TPSA) is 120 Å². The normalized spacial score (nSPS) is 26.4. The zero-order valence-electron chi connectivity index (χ0n) is 9.67. The average molecular weight is 258 g/mol. The van der Waals surface area contributed by atoms with Gasteiger partial charge in [-0.3, -0.25) is 4.79 Å². The van der Waals surface area contributed by atoms with Crippen molar-refractivity contribution in [3.05, 3.63) is 0 Å².